The molecule has 0 bridgehead atoms. The van der Waals surface area contributed by atoms with Gasteiger partial charge in [0, 0.05) is 28.7 Å². The third-order valence-electron chi connectivity index (χ3n) is 5.78. The van der Waals surface area contributed by atoms with Gasteiger partial charge in [-0.15, -0.1) is 11.8 Å². The monoisotopic (exact) mass is 566 g/mol. The van der Waals surface area contributed by atoms with Crippen molar-refractivity contribution in [2.75, 3.05) is 5.75 Å². The second kappa shape index (κ2) is 13.1. The minimum atomic E-state index is -0.623. The maximum Gasteiger partial charge on any atom is 0.243 e. The van der Waals surface area contributed by atoms with Crippen molar-refractivity contribution < 1.29 is 9.59 Å². The molecule has 3 aromatic rings. The number of carbonyl (C=O) groups is 2. The Hall–Kier alpha value is -2.57. The number of nitrogens with zero attached hydrogens (tertiary/aromatic N) is 1. The highest BCUT2D eigenvalue weighted by Crippen LogP contribution is 2.21. The zero-order chi connectivity index (χ0) is 26.1. The van der Waals surface area contributed by atoms with Crippen LogP contribution >= 0.6 is 27.7 Å². The lowest BCUT2D eigenvalue weighted by molar-refractivity contribution is -0.140. The van der Waals surface area contributed by atoms with Gasteiger partial charge in [0.05, 0.1) is 5.75 Å². The van der Waals surface area contributed by atoms with Crippen molar-refractivity contribution in [3.05, 3.63) is 106 Å². The van der Waals surface area contributed by atoms with Gasteiger partial charge in [-0.05, 0) is 62.1 Å². The topological polar surface area (TPSA) is 49.4 Å². The van der Waals surface area contributed by atoms with Crippen LogP contribution in [-0.2, 0) is 28.3 Å². The molecular weight excluding hydrogens is 532 g/mol. The van der Waals surface area contributed by atoms with E-state index in [0.29, 0.717) is 18.7 Å². The van der Waals surface area contributed by atoms with Crippen molar-refractivity contribution in [2.24, 2.45) is 0 Å². The summed E-state index contributed by atoms with van der Waals surface area (Å²) in [6, 6.07) is 25.4. The lowest BCUT2D eigenvalue weighted by Crippen LogP contribution is -2.54. The van der Waals surface area contributed by atoms with E-state index in [4.69, 9.17) is 0 Å². The molecule has 0 saturated carbocycles. The number of halogens is 1. The lowest BCUT2D eigenvalue weighted by Gasteiger charge is -2.34. The Bertz CT molecular complexity index is 1140. The molecule has 36 heavy (non-hydrogen) atoms. The number of hydrogen-bond acceptors (Lipinski definition) is 3. The second-order valence-corrected chi connectivity index (χ2v) is 11.9. The van der Waals surface area contributed by atoms with Crippen LogP contribution < -0.4 is 5.32 Å². The Kier molecular flexibility index (Phi) is 10.2. The minimum absolute atomic E-state index is 0.0403. The summed E-state index contributed by atoms with van der Waals surface area (Å²) in [6.07, 6.45) is 0.452. The summed E-state index contributed by atoms with van der Waals surface area (Å²) in [5.41, 5.74) is 4.04. The first-order valence-corrected chi connectivity index (χ1v) is 14.1. The van der Waals surface area contributed by atoms with Gasteiger partial charge in [0.25, 0.3) is 0 Å². The molecule has 0 spiro atoms. The first kappa shape index (κ1) is 28.0. The zero-order valence-electron chi connectivity index (χ0n) is 21.5. The van der Waals surface area contributed by atoms with E-state index in [0.717, 1.165) is 21.4 Å². The minimum Gasteiger partial charge on any atom is -0.350 e. The molecule has 1 N–H and O–H groups in total. The predicted molar refractivity (Wildman–Crippen MR) is 154 cm³/mol. The largest absolute Gasteiger partial charge is 0.350 e. The fraction of sp³-hybridized carbons (Fsp3) is 0.333. The average Bonchev–Trinajstić information content (AvgIpc) is 2.83. The van der Waals surface area contributed by atoms with Gasteiger partial charge in [0.1, 0.15) is 6.04 Å². The molecule has 0 aliphatic heterocycles. The molecule has 0 radical (unpaired) electrons. The number of nitrogens with one attached hydrogen (secondary N) is 1. The molecule has 4 nitrogen and oxygen atoms in total. The van der Waals surface area contributed by atoms with Crippen LogP contribution in [0.3, 0.4) is 0 Å². The van der Waals surface area contributed by atoms with Gasteiger partial charge in [0.15, 0.2) is 0 Å². The molecule has 0 saturated heterocycles. The molecule has 0 fully saturated rings. The van der Waals surface area contributed by atoms with Crippen molar-refractivity contribution in [1.29, 1.82) is 0 Å². The molecule has 6 heteroatoms. The van der Waals surface area contributed by atoms with E-state index in [-0.39, 0.29) is 11.8 Å². The lowest BCUT2D eigenvalue weighted by atomic mass is 10.0. The van der Waals surface area contributed by atoms with Gasteiger partial charge >= 0.3 is 0 Å². The highest BCUT2D eigenvalue weighted by atomic mass is 79.9. The van der Waals surface area contributed by atoms with E-state index in [9.17, 15) is 9.59 Å². The molecule has 0 unspecified atom stereocenters. The molecule has 0 heterocycles. The van der Waals surface area contributed by atoms with Crippen molar-refractivity contribution >= 4 is 39.5 Å². The van der Waals surface area contributed by atoms with Crippen molar-refractivity contribution in [3.8, 4) is 0 Å². The fourth-order valence-corrected chi connectivity index (χ4v) is 5.15. The van der Waals surface area contributed by atoms with E-state index in [1.165, 1.54) is 11.1 Å². The van der Waals surface area contributed by atoms with Crippen LogP contribution in [0.15, 0.2) is 83.3 Å². The number of amides is 2. The highest BCUT2D eigenvalue weighted by Gasteiger charge is 2.32. The van der Waals surface area contributed by atoms with E-state index in [1.54, 1.807) is 16.7 Å². The van der Waals surface area contributed by atoms with Gasteiger partial charge in [-0.2, -0.15) is 0 Å². The fourth-order valence-electron chi connectivity index (χ4n) is 3.90. The van der Waals surface area contributed by atoms with E-state index < -0.39 is 11.6 Å². The number of aryl methyl sites for hydroxylation is 1. The first-order chi connectivity index (χ1) is 17.1. The molecule has 0 aliphatic rings. The highest BCUT2D eigenvalue weighted by molar-refractivity contribution is 9.10. The molecule has 0 aromatic heterocycles. The van der Waals surface area contributed by atoms with Crippen molar-refractivity contribution in [1.82, 2.24) is 10.2 Å². The Balaban J connectivity index is 1.87. The SMILES string of the molecule is Cc1ccccc1CSCC(=O)N(Cc1ccc(Br)cc1)[C@H](Cc1ccccc1)C(=O)NC(C)(C)C. The summed E-state index contributed by atoms with van der Waals surface area (Å²) in [7, 11) is 0. The Labute approximate surface area is 228 Å². The molecular formula is C30H35BrN2O2S. The van der Waals surface area contributed by atoms with Crippen LogP contribution in [0.25, 0.3) is 0 Å². The smallest absolute Gasteiger partial charge is 0.243 e. The van der Waals surface area contributed by atoms with Gasteiger partial charge < -0.3 is 10.2 Å². The van der Waals surface area contributed by atoms with Crippen LogP contribution in [0.4, 0.5) is 0 Å². The number of rotatable bonds is 10. The Morgan fingerprint density at radius 1 is 0.917 bits per heavy atom. The molecule has 3 aromatic carbocycles. The van der Waals surface area contributed by atoms with Gasteiger partial charge in [-0.25, -0.2) is 0 Å². The van der Waals surface area contributed by atoms with Gasteiger partial charge in [0.2, 0.25) is 11.8 Å². The Morgan fingerprint density at radius 2 is 1.56 bits per heavy atom. The number of thioether (sulfide) groups is 1. The predicted octanol–water partition coefficient (Wildman–Crippen LogP) is 6.55. The standard InChI is InChI=1S/C30H35BrN2O2S/c1-22-10-8-9-13-25(22)20-36-21-28(34)33(19-24-14-16-26(31)17-15-24)27(29(35)32-30(2,3)4)18-23-11-6-5-7-12-23/h5-17,27H,18-21H2,1-4H3,(H,32,35)/t27-/m1/s1. The maximum atomic E-state index is 13.7. The quantitative estimate of drug-likeness (QED) is 0.303. The number of carbonyl (C=O) groups excluding carboxylic acids is 2. The van der Waals surface area contributed by atoms with Gasteiger partial charge in [-0.1, -0.05) is 82.7 Å². The third-order valence-corrected chi connectivity index (χ3v) is 7.27. The molecule has 190 valence electrons. The van der Waals surface area contributed by atoms with Crippen LogP contribution in [0.2, 0.25) is 0 Å². The van der Waals surface area contributed by atoms with Crippen molar-refractivity contribution in [3.63, 3.8) is 0 Å². The van der Waals surface area contributed by atoms with Gasteiger partial charge in [-0.3, -0.25) is 9.59 Å². The second-order valence-electron chi connectivity index (χ2n) is 10.0. The maximum absolute atomic E-state index is 13.7. The Morgan fingerprint density at radius 3 is 2.19 bits per heavy atom. The molecule has 0 aliphatic carbocycles. The van der Waals surface area contributed by atoms with Crippen molar-refractivity contribution in [2.45, 2.75) is 58.0 Å². The van der Waals surface area contributed by atoms with Crippen LogP contribution in [-0.4, -0.2) is 34.0 Å². The number of benzene rings is 3. The summed E-state index contributed by atoms with van der Waals surface area (Å²) in [5.74, 6) is 0.878. The van der Waals surface area contributed by atoms with Crippen LogP contribution in [0, 0.1) is 6.92 Å². The van der Waals surface area contributed by atoms with Crippen LogP contribution in [0.1, 0.15) is 43.0 Å². The molecule has 3 rings (SSSR count). The summed E-state index contributed by atoms with van der Waals surface area (Å²) >= 11 is 5.07. The summed E-state index contributed by atoms with van der Waals surface area (Å²) in [4.78, 5) is 29.0. The third kappa shape index (κ3) is 8.82. The average molecular weight is 568 g/mol. The first-order valence-electron chi connectivity index (χ1n) is 12.1. The summed E-state index contributed by atoms with van der Waals surface area (Å²) < 4.78 is 0.976. The zero-order valence-corrected chi connectivity index (χ0v) is 23.9. The molecule has 1 atom stereocenters. The van der Waals surface area contributed by atoms with Crippen LogP contribution in [0.5, 0.6) is 0 Å². The normalized spacial score (nSPS) is 12.1. The number of hydrogen-bond donors (Lipinski definition) is 1. The van der Waals surface area contributed by atoms with E-state index >= 15 is 0 Å². The van der Waals surface area contributed by atoms with E-state index in [1.807, 2.05) is 87.5 Å². The molecule has 2 amide bonds. The summed E-state index contributed by atoms with van der Waals surface area (Å²) in [5, 5.41) is 3.11. The summed E-state index contributed by atoms with van der Waals surface area (Å²) in [6.45, 7) is 8.34. The van der Waals surface area contributed by atoms with E-state index in [2.05, 4.69) is 40.3 Å².